The van der Waals surface area contributed by atoms with Crippen LogP contribution in [-0.4, -0.2) is 25.1 Å². The van der Waals surface area contributed by atoms with E-state index in [-0.39, 0.29) is 0 Å². The lowest BCUT2D eigenvalue weighted by Crippen LogP contribution is -2.37. The van der Waals surface area contributed by atoms with Crippen molar-refractivity contribution in [2.75, 3.05) is 20.2 Å². The smallest absolute Gasteiger partial charge is 0.123 e. The van der Waals surface area contributed by atoms with Crippen molar-refractivity contribution in [3.05, 3.63) is 28.2 Å². The number of benzene rings is 1. The van der Waals surface area contributed by atoms with Crippen molar-refractivity contribution < 1.29 is 4.74 Å². The van der Waals surface area contributed by atoms with Gasteiger partial charge in [0.15, 0.2) is 0 Å². The van der Waals surface area contributed by atoms with Gasteiger partial charge in [0.1, 0.15) is 5.75 Å². The second-order valence-corrected chi connectivity index (χ2v) is 6.81. The maximum absolute atomic E-state index is 5.46. The molecule has 1 saturated heterocycles. The predicted octanol–water partition coefficient (Wildman–Crippen LogP) is 4.47. The van der Waals surface area contributed by atoms with E-state index in [4.69, 9.17) is 4.74 Å². The minimum absolute atomic E-state index is 0.553. The Morgan fingerprint density at radius 2 is 2.00 bits per heavy atom. The molecule has 1 aliphatic heterocycles. The van der Waals surface area contributed by atoms with Crippen LogP contribution in [0.15, 0.2) is 22.7 Å². The summed E-state index contributed by atoms with van der Waals surface area (Å²) in [5, 5.41) is 0. The molecule has 3 heteroatoms. The van der Waals surface area contributed by atoms with Crippen LogP contribution in [0.25, 0.3) is 0 Å². The van der Waals surface area contributed by atoms with Crippen molar-refractivity contribution >= 4 is 15.9 Å². The first-order valence-electron chi connectivity index (χ1n) is 7.11. The van der Waals surface area contributed by atoms with Crippen molar-refractivity contribution in [1.82, 2.24) is 4.90 Å². The van der Waals surface area contributed by atoms with Crippen LogP contribution in [0, 0.1) is 5.41 Å². The Hall–Kier alpha value is -0.540. The number of nitrogens with zero attached hydrogens (tertiary/aromatic N) is 1. The maximum Gasteiger partial charge on any atom is 0.123 e. The molecule has 0 unspecified atom stereocenters. The minimum Gasteiger partial charge on any atom is -0.496 e. The van der Waals surface area contributed by atoms with Crippen LogP contribution in [-0.2, 0) is 6.54 Å². The van der Waals surface area contributed by atoms with E-state index in [2.05, 4.69) is 40.7 Å². The van der Waals surface area contributed by atoms with Gasteiger partial charge in [0.05, 0.1) is 7.11 Å². The van der Waals surface area contributed by atoms with Crippen LogP contribution < -0.4 is 4.74 Å². The third-order valence-electron chi connectivity index (χ3n) is 4.55. The molecule has 0 atom stereocenters. The molecular formula is C16H24BrNO. The van der Waals surface area contributed by atoms with Gasteiger partial charge in [-0.2, -0.15) is 0 Å². The topological polar surface area (TPSA) is 12.5 Å². The summed E-state index contributed by atoms with van der Waals surface area (Å²) < 4.78 is 6.58. The second kappa shape index (κ2) is 6.27. The van der Waals surface area contributed by atoms with Gasteiger partial charge >= 0.3 is 0 Å². The zero-order chi connectivity index (χ0) is 13.9. The molecule has 0 bridgehead atoms. The molecule has 1 aromatic rings. The van der Waals surface area contributed by atoms with Crippen LogP contribution in [0.5, 0.6) is 5.75 Å². The third kappa shape index (κ3) is 3.73. The number of ether oxygens (including phenoxy) is 1. The molecule has 0 N–H and O–H groups in total. The SMILES string of the molecule is CCC1(C)CCN(Cc2cc(Br)ccc2OC)CC1. The Balaban J connectivity index is 2.01. The van der Waals surface area contributed by atoms with Gasteiger partial charge in [-0.1, -0.05) is 36.2 Å². The molecule has 2 rings (SSSR count). The first kappa shape index (κ1) is 14.9. The summed E-state index contributed by atoms with van der Waals surface area (Å²) >= 11 is 3.55. The summed E-state index contributed by atoms with van der Waals surface area (Å²) in [6.45, 7) is 8.11. The molecule has 106 valence electrons. The zero-order valence-corrected chi connectivity index (χ0v) is 13.8. The van der Waals surface area contributed by atoms with E-state index in [0.717, 1.165) is 16.8 Å². The van der Waals surface area contributed by atoms with Gasteiger partial charge in [-0.15, -0.1) is 0 Å². The Morgan fingerprint density at radius 1 is 1.32 bits per heavy atom. The zero-order valence-electron chi connectivity index (χ0n) is 12.2. The largest absolute Gasteiger partial charge is 0.496 e. The lowest BCUT2D eigenvalue weighted by Gasteiger charge is -2.39. The standard InChI is InChI=1S/C16H24BrNO/c1-4-16(2)7-9-18(10-8-16)12-13-11-14(17)5-6-15(13)19-3/h5-6,11H,4,7-10,12H2,1-3H3. The number of rotatable bonds is 4. The first-order chi connectivity index (χ1) is 9.06. The maximum atomic E-state index is 5.46. The van der Waals surface area contributed by atoms with Gasteiger partial charge in [-0.3, -0.25) is 4.90 Å². The highest BCUT2D eigenvalue weighted by Gasteiger charge is 2.28. The number of hydrogen-bond donors (Lipinski definition) is 0. The predicted molar refractivity (Wildman–Crippen MR) is 83.6 cm³/mol. The highest BCUT2D eigenvalue weighted by molar-refractivity contribution is 9.10. The fourth-order valence-corrected chi connectivity index (χ4v) is 3.12. The molecule has 1 heterocycles. The second-order valence-electron chi connectivity index (χ2n) is 5.90. The van der Waals surface area contributed by atoms with Crippen LogP contribution in [0.4, 0.5) is 0 Å². The van der Waals surface area contributed by atoms with Gasteiger partial charge in [-0.05, 0) is 49.5 Å². The molecule has 1 aliphatic rings. The van der Waals surface area contributed by atoms with E-state index >= 15 is 0 Å². The molecule has 0 aliphatic carbocycles. The van der Waals surface area contributed by atoms with Gasteiger partial charge < -0.3 is 4.74 Å². The van der Waals surface area contributed by atoms with E-state index in [0.29, 0.717) is 5.41 Å². The van der Waals surface area contributed by atoms with Gasteiger partial charge in [-0.25, -0.2) is 0 Å². The van der Waals surface area contributed by atoms with Crippen LogP contribution >= 0.6 is 15.9 Å². The van der Waals surface area contributed by atoms with E-state index in [1.807, 2.05) is 12.1 Å². The van der Waals surface area contributed by atoms with E-state index in [1.165, 1.54) is 37.9 Å². The van der Waals surface area contributed by atoms with E-state index < -0.39 is 0 Å². The van der Waals surface area contributed by atoms with Crippen LogP contribution in [0.3, 0.4) is 0 Å². The van der Waals surface area contributed by atoms with Crippen molar-refractivity contribution in [3.8, 4) is 5.75 Å². The lowest BCUT2D eigenvalue weighted by molar-refractivity contribution is 0.109. The third-order valence-corrected chi connectivity index (χ3v) is 5.05. The molecule has 2 nitrogen and oxygen atoms in total. The van der Waals surface area contributed by atoms with E-state index in [1.54, 1.807) is 7.11 Å². The average molecular weight is 326 g/mol. The number of piperidine rings is 1. The van der Waals surface area contributed by atoms with Crippen molar-refractivity contribution in [2.45, 2.75) is 39.7 Å². The van der Waals surface area contributed by atoms with Gasteiger partial charge in [0.25, 0.3) is 0 Å². The van der Waals surface area contributed by atoms with Crippen LogP contribution in [0.2, 0.25) is 0 Å². The van der Waals surface area contributed by atoms with Gasteiger partial charge in [0.2, 0.25) is 0 Å². The molecule has 0 radical (unpaired) electrons. The van der Waals surface area contributed by atoms with Crippen molar-refractivity contribution in [1.29, 1.82) is 0 Å². The van der Waals surface area contributed by atoms with Gasteiger partial charge in [0, 0.05) is 16.6 Å². The first-order valence-corrected chi connectivity index (χ1v) is 7.90. The Kier molecular flexibility index (Phi) is 4.91. The highest BCUT2D eigenvalue weighted by Crippen LogP contribution is 2.35. The summed E-state index contributed by atoms with van der Waals surface area (Å²) in [7, 11) is 1.75. The van der Waals surface area contributed by atoms with Crippen LogP contribution in [0.1, 0.15) is 38.7 Å². The fourth-order valence-electron chi connectivity index (χ4n) is 2.72. The lowest BCUT2D eigenvalue weighted by atomic mass is 9.78. The normalized spacial score (nSPS) is 19.4. The summed E-state index contributed by atoms with van der Waals surface area (Å²) in [4.78, 5) is 2.54. The highest BCUT2D eigenvalue weighted by atomic mass is 79.9. The Bertz CT molecular complexity index is 425. The molecule has 0 aromatic heterocycles. The Labute approximate surface area is 125 Å². The number of halogens is 1. The summed E-state index contributed by atoms with van der Waals surface area (Å²) in [6.07, 6.45) is 3.90. The molecule has 0 saturated carbocycles. The number of likely N-dealkylation sites (tertiary alicyclic amines) is 1. The molecule has 0 spiro atoms. The number of hydrogen-bond acceptors (Lipinski definition) is 2. The molecular weight excluding hydrogens is 302 g/mol. The minimum atomic E-state index is 0.553. The summed E-state index contributed by atoms with van der Waals surface area (Å²) in [5.41, 5.74) is 1.83. The monoisotopic (exact) mass is 325 g/mol. The summed E-state index contributed by atoms with van der Waals surface area (Å²) in [5.74, 6) is 0.993. The quantitative estimate of drug-likeness (QED) is 0.809. The Morgan fingerprint density at radius 3 is 2.58 bits per heavy atom. The van der Waals surface area contributed by atoms with E-state index in [9.17, 15) is 0 Å². The molecule has 19 heavy (non-hydrogen) atoms. The molecule has 1 aromatic carbocycles. The molecule has 0 amide bonds. The summed E-state index contributed by atoms with van der Waals surface area (Å²) in [6, 6.07) is 6.25. The molecule has 1 fully saturated rings. The number of methoxy groups -OCH3 is 1. The van der Waals surface area contributed by atoms with Crippen molar-refractivity contribution in [3.63, 3.8) is 0 Å². The van der Waals surface area contributed by atoms with Crippen molar-refractivity contribution in [2.24, 2.45) is 5.41 Å². The fraction of sp³-hybridized carbons (Fsp3) is 0.625. The average Bonchev–Trinajstić information content (AvgIpc) is 2.42.